The van der Waals surface area contributed by atoms with Gasteiger partial charge in [0.05, 0.1) is 18.4 Å². The van der Waals surface area contributed by atoms with Gasteiger partial charge in [-0.1, -0.05) is 6.08 Å². The number of ketones is 1. The Balaban J connectivity index is 1.59. The van der Waals surface area contributed by atoms with Crippen LogP contribution in [-0.2, 0) is 16.1 Å². The quantitative estimate of drug-likeness (QED) is 0.255. The Bertz CT molecular complexity index is 1290. The van der Waals surface area contributed by atoms with Crippen LogP contribution >= 0.6 is 0 Å². The molecule has 0 spiro atoms. The van der Waals surface area contributed by atoms with E-state index >= 15 is 0 Å². The number of aromatic amines is 1. The summed E-state index contributed by atoms with van der Waals surface area (Å²) in [5, 5.41) is 14.9. The molecule has 0 saturated heterocycles. The van der Waals surface area contributed by atoms with Crippen molar-refractivity contribution in [2.24, 2.45) is 0 Å². The first-order valence-electron chi connectivity index (χ1n) is 10.3. The second-order valence-electron chi connectivity index (χ2n) is 7.35. The lowest BCUT2D eigenvalue weighted by Crippen LogP contribution is -2.41. The van der Waals surface area contributed by atoms with Crippen molar-refractivity contribution < 1.29 is 19.5 Å². The number of anilines is 2. The van der Waals surface area contributed by atoms with E-state index in [1.807, 2.05) is 0 Å². The number of carbonyl (C=O) groups excluding carboxylic acids is 2. The zero-order chi connectivity index (χ0) is 24.7. The van der Waals surface area contributed by atoms with Gasteiger partial charge in [-0.2, -0.15) is 4.98 Å². The third-order valence-corrected chi connectivity index (χ3v) is 4.79. The number of carboxylic acid groups (broad SMARTS) is 1. The summed E-state index contributed by atoms with van der Waals surface area (Å²) >= 11 is 0. The summed E-state index contributed by atoms with van der Waals surface area (Å²) in [6, 6.07) is 5.16. The number of amides is 1. The lowest BCUT2D eigenvalue weighted by molar-refractivity contribution is -0.139. The fraction of sp³-hybridized carbons (Fsp3) is 0.227. The standard InChI is InChI=1S/C22H23N7O5/c1-2-3-15(30)8-9-16(21(33)34)27-19(31)12-4-6-13(7-5-12)24-10-14-11-25-18-17(26-14)20(32)29-22(23)28-18/h2,4-7,11,16,24H,1,3,8-10H2,(H,27,31)(H,33,34)(H3,23,25,28,29,32). The van der Waals surface area contributed by atoms with Gasteiger partial charge in [0.2, 0.25) is 5.95 Å². The SMILES string of the molecule is C=CCC(=O)CCC(NC(=O)c1ccc(NCc2cnc3nc(N)[nH]c(=O)c3n2)cc1)C(=O)O. The fourth-order valence-corrected chi connectivity index (χ4v) is 3.06. The van der Waals surface area contributed by atoms with Crippen molar-refractivity contribution in [1.82, 2.24) is 25.3 Å². The molecule has 0 aliphatic carbocycles. The summed E-state index contributed by atoms with van der Waals surface area (Å²) < 4.78 is 0. The van der Waals surface area contributed by atoms with Gasteiger partial charge in [0.25, 0.3) is 11.5 Å². The van der Waals surface area contributed by atoms with Crippen molar-refractivity contribution in [3.63, 3.8) is 0 Å². The van der Waals surface area contributed by atoms with Crippen LogP contribution in [0.1, 0.15) is 35.3 Å². The molecule has 1 amide bonds. The molecule has 3 aromatic rings. The molecule has 0 saturated carbocycles. The maximum Gasteiger partial charge on any atom is 0.326 e. The van der Waals surface area contributed by atoms with Crippen molar-refractivity contribution in [1.29, 1.82) is 0 Å². The zero-order valence-corrected chi connectivity index (χ0v) is 18.1. The molecular weight excluding hydrogens is 442 g/mol. The number of fused-ring (bicyclic) bond motifs is 1. The van der Waals surface area contributed by atoms with E-state index in [4.69, 9.17) is 5.73 Å². The maximum absolute atomic E-state index is 12.4. The Kier molecular flexibility index (Phi) is 7.64. The molecule has 12 nitrogen and oxygen atoms in total. The first-order valence-corrected chi connectivity index (χ1v) is 10.3. The van der Waals surface area contributed by atoms with Gasteiger partial charge in [0, 0.05) is 24.1 Å². The molecule has 0 bridgehead atoms. The van der Waals surface area contributed by atoms with Crippen LogP contribution in [0.4, 0.5) is 11.6 Å². The highest BCUT2D eigenvalue weighted by Crippen LogP contribution is 2.12. The molecule has 6 N–H and O–H groups in total. The highest BCUT2D eigenvalue weighted by molar-refractivity contribution is 5.97. The van der Waals surface area contributed by atoms with Gasteiger partial charge < -0.3 is 21.5 Å². The first-order chi connectivity index (χ1) is 16.3. The number of aliphatic carboxylic acids is 1. The average molecular weight is 465 g/mol. The number of H-pyrrole nitrogens is 1. The van der Waals surface area contributed by atoms with Gasteiger partial charge in [-0.05, 0) is 30.7 Å². The zero-order valence-electron chi connectivity index (χ0n) is 18.1. The molecule has 12 heteroatoms. The molecule has 0 fully saturated rings. The number of Topliss-reactive ketones (excluding diaryl/α,β-unsaturated/α-hetero) is 1. The number of hydrogen-bond acceptors (Lipinski definition) is 9. The minimum Gasteiger partial charge on any atom is -0.480 e. The van der Waals surface area contributed by atoms with Gasteiger partial charge in [-0.25, -0.2) is 14.8 Å². The molecule has 176 valence electrons. The van der Waals surface area contributed by atoms with Crippen molar-refractivity contribution in [2.75, 3.05) is 11.1 Å². The molecule has 0 aliphatic rings. The Hall–Kier alpha value is -4.61. The maximum atomic E-state index is 12.4. The molecule has 1 unspecified atom stereocenters. The normalized spacial score (nSPS) is 11.5. The average Bonchev–Trinajstić information content (AvgIpc) is 2.80. The van der Waals surface area contributed by atoms with E-state index in [9.17, 15) is 24.3 Å². The lowest BCUT2D eigenvalue weighted by atomic mass is 10.1. The number of nitrogens with one attached hydrogen (secondary N) is 3. The Morgan fingerprint density at radius 3 is 2.62 bits per heavy atom. The van der Waals surface area contributed by atoms with Crippen LogP contribution < -0.4 is 21.9 Å². The van der Waals surface area contributed by atoms with E-state index in [1.165, 1.54) is 24.4 Å². The van der Waals surface area contributed by atoms with E-state index in [2.05, 4.69) is 37.1 Å². The van der Waals surface area contributed by atoms with Crippen LogP contribution in [0.3, 0.4) is 0 Å². The topological polar surface area (TPSA) is 193 Å². The minimum absolute atomic E-state index is 0.00880. The van der Waals surface area contributed by atoms with E-state index in [0.717, 1.165) is 0 Å². The molecule has 0 radical (unpaired) electrons. The van der Waals surface area contributed by atoms with Crippen molar-refractivity contribution in [3.8, 4) is 0 Å². The van der Waals surface area contributed by atoms with Crippen molar-refractivity contribution in [3.05, 3.63) is 64.7 Å². The molecular formula is C22H23N7O5. The predicted octanol–water partition coefficient (Wildman–Crippen LogP) is 1.02. The molecule has 0 aliphatic heterocycles. The van der Waals surface area contributed by atoms with Crippen LogP contribution in [0, 0.1) is 0 Å². The van der Waals surface area contributed by atoms with Gasteiger partial charge in [0.15, 0.2) is 11.2 Å². The third-order valence-electron chi connectivity index (χ3n) is 4.79. The molecule has 34 heavy (non-hydrogen) atoms. The summed E-state index contributed by atoms with van der Waals surface area (Å²) in [4.78, 5) is 62.0. The van der Waals surface area contributed by atoms with Crippen molar-refractivity contribution >= 4 is 40.5 Å². The second kappa shape index (κ2) is 10.8. The monoisotopic (exact) mass is 465 g/mol. The fourth-order valence-electron chi connectivity index (χ4n) is 3.06. The largest absolute Gasteiger partial charge is 0.480 e. The smallest absolute Gasteiger partial charge is 0.326 e. The summed E-state index contributed by atoms with van der Waals surface area (Å²) in [6.07, 6.45) is 3.09. The van der Waals surface area contributed by atoms with Crippen molar-refractivity contribution in [2.45, 2.75) is 31.8 Å². The molecule has 1 aromatic carbocycles. The van der Waals surface area contributed by atoms with Gasteiger partial charge >= 0.3 is 5.97 Å². The summed E-state index contributed by atoms with van der Waals surface area (Å²) in [5.41, 5.74) is 6.62. The highest BCUT2D eigenvalue weighted by Gasteiger charge is 2.21. The molecule has 3 rings (SSSR count). The van der Waals surface area contributed by atoms with E-state index in [1.54, 1.807) is 12.1 Å². The number of hydrogen-bond donors (Lipinski definition) is 5. The van der Waals surface area contributed by atoms with E-state index in [0.29, 0.717) is 11.4 Å². The summed E-state index contributed by atoms with van der Waals surface area (Å²) in [7, 11) is 0. The Morgan fingerprint density at radius 2 is 1.94 bits per heavy atom. The number of allylic oxidation sites excluding steroid dienone is 1. The van der Waals surface area contributed by atoms with Crippen LogP contribution in [-0.4, -0.2) is 48.7 Å². The van der Waals surface area contributed by atoms with Crippen LogP contribution in [0.5, 0.6) is 0 Å². The number of nitrogen functional groups attached to an aromatic ring is 1. The Morgan fingerprint density at radius 1 is 1.21 bits per heavy atom. The van der Waals surface area contributed by atoms with Gasteiger partial charge in [-0.3, -0.25) is 19.4 Å². The number of carboxylic acids is 1. The predicted molar refractivity (Wildman–Crippen MR) is 124 cm³/mol. The second-order valence-corrected chi connectivity index (χ2v) is 7.35. The lowest BCUT2D eigenvalue weighted by Gasteiger charge is -2.14. The third kappa shape index (κ3) is 6.22. The number of nitrogens with zero attached hydrogens (tertiary/aromatic N) is 3. The molecule has 1 atom stereocenters. The molecule has 2 heterocycles. The van der Waals surface area contributed by atoms with Gasteiger partial charge in [-0.15, -0.1) is 6.58 Å². The number of aromatic nitrogens is 4. The van der Waals surface area contributed by atoms with Crippen LogP contribution in [0.2, 0.25) is 0 Å². The van der Waals surface area contributed by atoms with Crippen LogP contribution in [0.25, 0.3) is 11.2 Å². The van der Waals surface area contributed by atoms with Crippen LogP contribution in [0.15, 0.2) is 47.9 Å². The minimum atomic E-state index is -1.22. The molecule has 2 aromatic heterocycles. The summed E-state index contributed by atoms with van der Waals surface area (Å²) in [5.74, 6) is -1.97. The number of rotatable bonds is 11. The van der Waals surface area contributed by atoms with Gasteiger partial charge in [0.1, 0.15) is 11.8 Å². The summed E-state index contributed by atoms with van der Waals surface area (Å²) in [6.45, 7) is 3.72. The number of nitrogens with two attached hydrogens (primary N) is 1. The Labute approximate surface area is 193 Å². The number of benzene rings is 1. The number of carbonyl (C=O) groups is 3. The van der Waals surface area contributed by atoms with E-state index < -0.39 is 23.5 Å². The highest BCUT2D eigenvalue weighted by atomic mass is 16.4. The van der Waals surface area contributed by atoms with E-state index in [-0.39, 0.29) is 54.3 Å². The first kappa shape index (κ1) is 24.0.